The van der Waals surface area contributed by atoms with Crippen molar-refractivity contribution < 1.29 is 8.42 Å². The van der Waals surface area contributed by atoms with E-state index in [4.69, 9.17) is 0 Å². The third-order valence-corrected chi connectivity index (χ3v) is 4.54. The molecule has 5 heteroatoms. The summed E-state index contributed by atoms with van der Waals surface area (Å²) in [6.45, 7) is 3.66. The van der Waals surface area contributed by atoms with E-state index < -0.39 is 10.2 Å². The molecule has 0 unspecified atom stereocenters. The Hall–Kier alpha value is -0.910. The van der Waals surface area contributed by atoms with Gasteiger partial charge in [-0.15, -0.1) is 0 Å². The Labute approximate surface area is 103 Å². The number of hydrogen-bond acceptors (Lipinski definition) is 2. The van der Waals surface area contributed by atoms with Crippen LogP contribution in [0.2, 0.25) is 0 Å². The van der Waals surface area contributed by atoms with Crippen molar-refractivity contribution in [1.82, 2.24) is 9.03 Å². The number of nitrogens with one attached hydrogen (secondary N) is 1. The number of hydrogen-bond donors (Lipinski definition) is 1. The van der Waals surface area contributed by atoms with Gasteiger partial charge in [0, 0.05) is 19.6 Å². The Balaban J connectivity index is 1.95. The highest BCUT2D eigenvalue weighted by atomic mass is 32.2. The summed E-state index contributed by atoms with van der Waals surface area (Å²) in [6, 6.07) is 7.86. The lowest BCUT2D eigenvalue weighted by molar-refractivity contribution is 0.464. The van der Waals surface area contributed by atoms with E-state index >= 15 is 0 Å². The standard InChI is InChI=1S/C12H18N2O2S/c1-11-4-6-12(7-5-11)10-13-17(15,16)14-8-2-3-9-14/h4-7,13H,2-3,8-10H2,1H3. The van der Waals surface area contributed by atoms with Crippen molar-refractivity contribution in [1.29, 1.82) is 0 Å². The van der Waals surface area contributed by atoms with Crippen molar-refractivity contribution >= 4 is 10.2 Å². The van der Waals surface area contributed by atoms with Crippen molar-refractivity contribution in [3.05, 3.63) is 35.4 Å². The molecule has 1 saturated heterocycles. The van der Waals surface area contributed by atoms with E-state index in [0.717, 1.165) is 18.4 Å². The van der Waals surface area contributed by atoms with Crippen LogP contribution in [0.25, 0.3) is 0 Å². The summed E-state index contributed by atoms with van der Waals surface area (Å²) in [6.07, 6.45) is 1.93. The quantitative estimate of drug-likeness (QED) is 0.883. The van der Waals surface area contributed by atoms with Gasteiger partial charge in [-0.3, -0.25) is 0 Å². The number of aryl methyl sites for hydroxylation is 1. The molecule has 0 aromatic heterocycles. The minimum absolute atomic E-state index is 0.360. The van der Waals surface area contributed by atoms with Gasteiger partial charge in [-0.1, -0.05) is 29.8 Å². The summed E-state index contributed by atoms with van der Waals surface area (Å²) in [7, 11) is -3.28. The molecule has 0 aliphatic carbocycles. The van der Waals surface area contributed by atoms with Crippen LogP contribution in [0.5, 0.6) is 0 Å². The second kappa shape index (κ2) is 5.16. The Morgan fingerprint density at radius 2 is 1.76 bits per heavy atom. The van der Waals surface area contributed by atoms with Crippen molar-refractivity contribution in [2.45, 2.75) is 26.3 Å². The van der Waals surface area contributed by atoms with Crippen LogP contribution in [0.15, 0.2) is 24.3 Å². The van der Waals surface area contributed by atoms with E-state index in [1.807, 2.05) is 31.2 Å². The van der Waals surface area contributed by atoms with Crippen LogP contribution in [-0.2, 0) is 16.8 Å². The fourth-order valence-electron chi connectivity index (χ4n) is 1.90. The predicted octanol–water partition coefficient (Wildman–Crippen LogP) is 1.43. The normalized spacial score (nSPS) is 17.5. The van der Waals surface area contributed by atoms with E-state index in [1.165, 1.54) is 9.87 Å². The van der Waals surface area contributed by atoms with Crippen LogP contribution in [0.4, 0.5) is 0 Å². The smallest absolute Gasteiger partial charge is 0.198 e. The SMILES string of the molecule is Cc1ccc(CNS(=O)(=O)N2CCCC2)cc1. The van der Waals surface area contributed by atoms with Crippen molar-refractivity contribution in [2.75, 3.05) is 13.1 Å². The molecule has 17 heavy (non-hydrogen) atoms. The number of nitrogens with zero attached hydrogens (tertiary/aromatic N) is 1. The number of rotatable bonds is 4. The minimum atomic E-state index is -3.28. The van der Waals surface area contributed by atoms with Crippen molar-refractivity contribution in [3.63, 3.8) is 0 Å². The van der Waals surface area contributed by atoms with E-state index in [9.17, 15) is 8.42 Å². The van der Waals surface area contributed by atoms with Gasteiger partial charge in [0.15, 0.2) is 0 Å². The summed E-state index contributed by atoms with van der Waals surface area (Å²) in [5.41, 5.74) is 2.16. The maximum absolute atomic E-state index is 11.9. The highest BCUT2D eigenvalue weighted by molar-refractivity contribution is 7.87. The minimum Gasteiger partial charge on any atom is -0.198 e. The molecule has 0 saturated carbocycles. The Morgan fingerprint density at radius 3 is 2.35 bits per heavy atom. The molecule has 0 atom stereocenters. The molecule has 0 spiro atoms. The van der Waals surface area contributed by atoms with Gasteiger partial charge in [0.25, 0.3) is 10.2 Å². The zero-order chi connectivity index (χ0) is 12.3. The largest absolute Gasteiger partial charge is 0.279 e. The Kier molecular flexibility index (Phi) is 3.81. The maximum Gasteiger partial charge on any atom is 0.279 e. The molecule has 1 aromatic rings. The third kappa shape index (κ3) is 3.28. The van der Waals surface area contributed by atoms with E-state index in [1.54, 1.807) is 0 Å². The summed E-state index contributed by atoms with van der Waals surface area (Å²) >= 11 is 0. The van der Waals surface area contributed by atoms with Crippen LogP contribution in [0, 0.1) is 6.92 Å². The molecule has 4 nitrogen and oxygen atoms in total. The fourth-order valence-corrected chi connectivity index (χ4v) is 3.17. The van der Waals surface area contributed by atoms with Gasteiger partial charge in [-0.25, -0.2) is 0 Å². The van der Waals surface area contributed by atoms with Gasteiger partial charge in [-0.05, 0) is 25.3 Å². The molecule has 94 valence electrons. The molecule has 1 N–H and O–H groups in total. The Bertz CT molecular complexity index is 462. The first kappa shape index (κ1) is 12.5. The monoisotopic (exact) mass is 254 g/mol. The van der Waals surface area contributed by atoms with Crippen LogP contribution in [0.3, 0.4) is 0 Å². The van der Waals surface area contributed by atoms with Gasteiger partial charge < -0.3 is 0 Å². The average molecular weight is 254 g/mol. The second-order valence-electron chi connectivity index (χ2n) is 4.42. The summed E-state index contributed by atoms with van der Waals surface area (Å²) < 4.78 is 27.9. The summed E-state index contributed by atoms with van der Waals surface area (Å²) in [5, 5.41) is 0. The first-order valence-electron chi connectivity index (χ1n) is 5.88. The molecule has 1 heterocycles. The van der Waals surface area contributed by atoms with Gasteiger partial charge in [0.05, 0.1) is 0 Å². The second-order valence-corrected chi connectivity index (χ2v) is 6.17. The molecule has 0 amide bonds. The van der Waals surface area contributed by atoms with Crippen LogP contribution >= 0.6 is 0 Å². The molecular weight excluding hydrogens is 236 g/mol. The molecule has 1 aliphatic rings. The molecule has 1 fully saturated rings. The zero-order valence-corrected chi connectivity index (χ0v) is 10.8. The molecule has 1 aliphatic heterocycles. The van der Waals surface area contributed by atoms with E-state index in [0.29, 0.717) is 19.6 Å². The van der Waals surface area contributed by atoms with E-state index in [2.05, 4.69) is 4.72 Å². The fraction of sp³-hybridized carbons (Fsp3) is 0.500. The predicted molar refractivity (Wildman–Crippen MR) is 67.7 cm³/mol. The van der Waals surface area contributed by atoms with Gasteiger partial charge in [0.2, 0.25) is 0 Å². The molecule has 0 radical (unpaired) electrons. The van der Waals surface area contributed by atoms with Crippen molar-refractivity contribution in [3.8, 4) is 0 Å². The highest BCUT2D eigenvalue weighted by Crippen LogP contribution is 2.12. The summed E-state index contributed by atoms with van der Waals surface area (Å²) in [4.78, 5) is 0. The zero-order valence-electron chi connectivity index (χ0n) is 10.0. The molecule has 2 rings (SSSR count). The molecule has 0 bridgehead atoms. The first-order valence-corrected chi connectivity index (χ1v) is 7.32. The summed E-state index contributed by atoms with van der Waals surface area (Å²) in [5.74, 6) is 0. The van der Waals surface area contributed by atoms with Crippen LogP contribution in [-0.4, -0.2) is 25.8 Å². The van der Waals surface area contributed by atoms with Gasteiger partial charge in [0.1, 0.15) is 0 Å². The lowest BCUT2D eigenvalue weighted by Gasteiger charge is -2.16. The van der Waals surface area contributed by atoms with Crippen molar-refractivity contribution in [2.24, 2.45) is 0 Å². The third-order valence-electron chi connectivity index (χ3n) is 2.98. The lowest BCUT2D eigenvalue weighted by atomic mass is 10.2. The topological polar surface area (TPSA) is 49.4 Å². The number of benzene rings is 1. The van der Waals surface area contributed by atoms with Crippen LogP contribution < -0.4 is 4.72 Å². The maximum atomic E-state index is 11.9. The van der Waals surface area contributed by atoms with Gasteiger partial charge >= 0.3 is 0 Å². The van der Waals surface area contributed by atoms with Gasteiger partial charge in [-0.2, -0.15) is 17.4 Å². The van der Waals surface area contributed by atoms with Crippen LogP contribution in [0.1, 0.15) is 24.0 Å². The molecular formula is C12H18N2O2S. The first-order chi connectivity index (χ1) is 8.08. The molecule has 1 aromatic carbocycles. The Morgan fingerprint density at radius 1 is 1.18 bits per heavy atom. The average Bonchev–Trinajstić information content (AvgIpc) is 2.82. The lowest BCUT2D eigenvalue weighted by Crippen LogP contribution is -2.38. The van der Waals surface area contributed by atoms with E-state index in [-0.39, 0.29) is 0 Å². The highest BCUT2D eigenvalue weighted by Gasteiger charge is 2.24.